The van der Waals surface area contributed by atoms with Gasteiger partial charge in [-0.1, -0.05) is 17.7 Å². The molecule has 0 radical (unpaired) electrons. The molecular weight excluding hydrogens is 202 g/mol. The third-order valence-electron chi connectivity index (χ3n) is 1.82. The standard InChI is InChI=1S/C9H8ClN3O/c10-8-2-1-7(5-12-8)6-13-3-4-14-9(13)11/h1-5,11H,6H2. The number of oxazole rings is 1. The summed E-state index contributed by atoms with van der Waals surface area (Å²) in [7, 11) is 0. The van der Waals surface area contributed by atoms with Crippen LogP contribution >= 0.6 is 11.6 Å². The highest BCUT2D eigenvalue weighted by Crippen LogP contribution is 2.05. The van der Waals surface area contributed by atoms with Crippen LogP contribution in [0.3, 0.4) is 0 Å². The summed E-state index contributed by atoms with van der Waals surface area (Å²) in [4.78, 5) is 3.95. The van der Waals surface area contributed by atoms with Gasteiger partial charge in [0.05, 0.1) is 6.54 Å². The Hall–Kier alpha value is -1.55. The van der Waals surface area contributed by atoms with Gasteiger partial charge in [0.2, 0.25) is 0 Å². The molecule has 0 amide bonds. The molecule has 0 spiro atoms. The first-order valence-corrected chi connectivity index (χ1v) is 4.42. The van der Waals surface area contributed by atoms with Gasteiger partial charge in [-0.25, -0.2) is 4.98 Å². The normalized spacial score (nSPS) is 10.4. The van der Waals surface area contributed by atoms with Crippen molar-refractivity contribution in [1.29, 1.82) is 5.41 Å². The molecule has 2 aromatic heterocycles. The highest BCUT2D eigenvalue weighted by Gasteiger charge is 1.97. The van der Waals surface area contributed by atoms with E-state index in [-0.39, 0.29) is 5.68 Å². The summed E-state index contributed by atoms with van der Waals surface area (Å²) in [6.45, 7) is 0.569. The molecule has 0 atom stereocenters. The zero-order valence-electron chi connectivity index (χ0n) is 7.27. The van der Waals surface area contributed by atoms with Crippen LogP contribution in [0, 0.1) is 5.41 Å². The van der Waals surface area contributed by atoms with Crippen LogP contribution in [0.1, 0.15) is 5.56 Å². The minimum Gasteiger partial charge on any atom is -0.432 e. The predicted octanol–water partition coefficient (Wildman–Crippen LogP) is 1.66. The molecule has 0 unspecified atom stereocenters. The first-order chi connectivity index (χ1) is 6.75. The molecule has 1 N–H and O–H groups in total. The second-order valence-corrected chi connectivity index (χ2v) is 3.21. The minimum absolute atomic E-state index is 0.125. The smallest absolute Gasteiger partial charge is 0.293 e. The van der Waals surface area contributed by atoms with Crippen LogP contribution in [0.5, 0.6) is 0 Å². The fourth-order valence-electron chi connectivity index (χ4n) is 1.12. The van der Waals surface area contributed by atoms with Crippen molar-refractivity contribution in [2.75, 3.05) is 0 Å². The van der Waals surface area contributed by atoms with Crippen LogP contribution in [-0.2, 0) is 6.54 Å². The van der Waals surface area contributed by atoms with Crippen molar-refractivity contribution in [3.05, 3.63) is 47.2 Å². The summed E-state index contributed by atoms with van der Waals surface area (Å²) in [6, 6.07) is 3.59. The third kappa shape index (κ3) is 1.85. The molecule has 0 aliphatic heterocycles. The molecule has 0 aliphatic rings. The van der Waals surface area contributed by atoms with Crippen LogP contribution in [-0.4, -0.2) is 9.55 Å². The van der Waals surface area contributed by atoms with Gasteiger partial charge in [0.15, 0.2) is 0 Å². The van der Waals surface area contributed by atoms with Crippen molar-refractivity contribution in [2.45, 2.75) is 6.54 Å². The SMILES string of the molecule is N=c1occn1Cc1ccc(Cl)nc1. The fraction of sp³-hybridized carbons (Fsp3) is 0.111. The van der Waals surface area contributed by atoms with Crippen molar-refractivity contribution < 1.29 is 4.42 Å². The van der Waals surface area contributed by atoms with Crippen molar-refractivity contribution in [1.82, 2.24) is 9.55 Å². The average Bonchev–Trinajstić information content (AvgIpc) is 2.56. The van der Waals surface area contributed by atoms with Gasteiger partial charge in [-0.15, -0.1) is 0 Å². The van der Waals surface area contributed by atoms with Gasteiger partial charge in [-0.2, -0.15) is 0 Å². The molecule has 0 bridgehead atoms. The van der Waals surface area contributed by atoms with Crippen LogP contribution in [0.2, 0.25) is 5.15 Å². The molecular formula is C9H8ClN3O. The lowest BCUT2D eigenvalue weighted by atomic mass is 10.3. The van der Waals surface area contributed by atoms with E-state index in [2.05, 4.69) is 4.98 Å². The van der Waals surface area contributed by atoms with E-state index in [1.54, 1.807) is 23.0 Å². The molecule has 0 fully saturated rings. The zero-order chi connectivity index (χ0) is 9.97. The molecule has 5 heteroatoms. The van der Waals surface area contributed by atoms with Crippen molar-refractivity contribution in [3.63, 3.8) is 0 Å². The molecule has 0 aromatic carbocycles. The van der Waals surface area contributed by atoms with Gasteiger partial charge in [-0.05, 0) is 11.6 Å². The van der Waals surface area contributed by atoms with E-state index in [0.29, 0.717) is 11.7 Å². The van der Waals surface area contributed by atoms with Crippen molar-refractivity contribution >= 4 is 11.6 Å². The number of aromatic nitrogens is 2. The maximum atomic E-state index is 7.39. The van der Waals surface area contributed by atoms with Crippen LogP contribution in [0.25, 0.3) is 0 Å². The maximum Gasteiger partial charge on any atom is 0.293 e. The summed E-state index contributed by atoms with van der Waals surface area (Å²) < 4.78 is 6.52. The van der Waals surface area contributed by atoms with Crippen LogP contribution in [0.4, 0.5) is 0 Å². The molecule has 0 aliphatic carbocycles. The van der Waals surface area contributed by atoms with Crippen LogP contribution in [0.15, 0.2) is 35.2 Å². The number of halogens is 1. The zero-order valence-corrected chi connectivity index (χ0v) is 8.03. The van der Waals surface area contributed by atoms with Crippen molar-refractivity contribution in [2.24, 2.45) is 0 Å². The number of hydrogen-bond donors (Lipinski definition) is 1. The van der Waals surface area contributed by atoms with E-state index in [1.807, 2.05) is 6.07 Å². The number of pyridine rings is 1. The maximum absolute atomic E-state index is 7.39. The average molecular weight is 210 g/mol. The number of hydrogen-bond acceptors (Lipinski definition) is 3. The van der Waals surface area contributed by atoms with E-state index in [4.69, 9.17) is 21.4 Å². The number of nitrogens with one attached hydrogen (secondary N) is 1. The Balaban J connectivity index is 2.23. The highest BCUT2D eigenvalue weighted by molar-refractivity contribution is 6.29. The second-order valence-electron chi connectivity index (χ2n) is 2.83. The minimum atomic E-state index is 0.125. The summed E-state index contributed by atoms with van der Waals surface area (Å²) in [5.41, 5.74) is 1.11. The quantitative estimate of drug-likeness (QED) is 0.765. The largest absolute Gasteiger partial charge is 0.432 e. The summed E-state index contributed by atoms with van der Waals surface area (Å²) in [5.74, 6) is 0. The van der Waals surface area contributed by atoms with Gasteiger partial charge in [0.25, 0.3) is 5.68 Å². The molecule has 4 nitrogen and oxygen atoms in total. The summed E-state index contributed by atoms with van der Waals surface area (Å²) >= 11 is 5.65. The fourth-order valence-corrected chi connectivity index (χ4v) is 1.24. The molecule has 2 rings (SSSR count). The lowest BCUT2D eigenvalue weighted by molar-refractivity contribution is 0.458. The van der Waals surface area contributed by atoms with Gasteiger partial charge in [-0.3, -0.25) is 9.98 Å². The Labute approximate surface area is 85.3 Å². The molecule has 72 valence electrons. The first kappa shape index (κ1) is 9.02. The lowest BCUT2D eigenvalue weighted by Crippen LogP contribution is -2.14. The molecule has 2 aromatic rings. The van der Waals surface area contributed by atoms with Gasteiger partial charge >= 0.3 is 0 Å². The van der Waals surface area contributed by atoms with Crippen molar-refractivity contribution in [3.8, 4) is 0 Å². The van der Waals surface area contributed by atoms with Crippen LogP contribution < -0.4 is 5.68 Å². The van der Waals surface area contributed by atoms with E-state index in [9.17, 15) is 0 Å². The summed E-state index contributed by atoms with van der Waals surface area (Å²) in [5, 5.41) is 7.86. The number of nitrogens with zero attached hydrogens (tertiary/aromatic N) is 2. The third-order valence-corrected chi connectivity index (χ3v) is 2.05. The van der Waals surface area contributed by atoms with Gasteiger partial charge < -0.3 is 4.42 Å². The monoisotopic (exact) mass is 209 g/mol. The van der Waals surface area contributed by atoms with Gasteiger partial charge in [0.1, 0.15) is 11.4 Å². The number of rotatable bonds is 2. The van der Waals surface area contributed by atoms with E-state index in [0.717, 1.165) is 5.56 Å². The highest BCUT2D eigenvalue weighted by atomic mass is 35.5. The molecule has 2 heterocycles. The Kier molecular flexibility index (Phi) is 2.37. The second kappa shape index (κ2) is 3.67. The Bertz CT molecular complexity index is 471. The van der Waals surface area contributed by atoms with Gasteiger partial charge in [0, 0.05) is 12.4 Å². The van der Waals surface area contributed by atoms with E-state index >= 15 is 0 Å². The van der Waals surface area contributed by atoms with E-state index in [1.165, 1.54) is 6.26 Å². The predicted molar refractivity (Wildman–Crippen MR) is 50.9 cm³/mol. The summed E-state index contributed by atoms with van der Waals surface area (Å²) in [6.07, 6.45) is 4.87. The Morgan fingerprint density at radius 1 is 1.50 bits per heavy atom. The first-order valence-electron chi connectivity index (χ1n) is 4.04. The molecule has 0 saturated carbocycles. The lowest BCUT2D eigenvalue weighted by Gasteiger charge is -2.00. The van der Waals surface area contributed by atoms with E-state index < -0.39 is 0 Å². The Morgan fingerprint density at radius 3 is 2.93 bits per heavy atom. The topological polar surface area (TPSA) is 54.8 Å². The molecule has 14 heavy (non-hydrogen) atoms. The molecule has 0 saturated heterocycles. The Morgan fingerprint density at radius 2 is 2.36 bits per heavy atom.